The summed E-state index contributed by atoms with van der Waals surface area (Å²) in [7, 11) is 0. The fourth-order valence-corrected chi connectivity index (χ4v) is 2.11. The summed E-state index contributed by atoms with van der Waals surface area (Å²) < 4.78 is 1.98. The Morgan fingerprint density at radius 1 is 1.43 bits per heavy atom. The number of H-pyrrole nitrogens is 1. The zero-order valence-corrected chi connectivity index (χ0v) is 12.7. The number of aromatic amines is 1. The molecule has 114 valence electrons. The number of carbonyl (C=O) groups is 1. The Labute approximate surface area is 124 Å². The first kappa shape index (κ1) is 15.1. The van der Waals surface area contributed by atoms with Crippen LogP contribution in [0.2, 0.25) is 0 Å². The number of amides is 2. The van der Waals surface area contributed by atoms with Crippen molar-refractivity contribution in [3.8, 4) is 0 Å². The van der Waals surface area contributed by atoms with Crippen LogP contribution in [0.15, 0.2) is 18.3 Å². The first-order chi connectivity index (χ1) is 10.0. The topological polar surface area (TPSA) is 87.6 Å². The highest BCUT2D eigenvalue weighted by Gasteiger charge is 2.09. The summed E-state index contributed by atoms with van der Waals surface area (Å²) in [6.07, 6.45) is 1.66. The molecular weight excluding hydrogens is 268 g/mol. The van der Waals surface area contributed by atoms with Gasteiger partial charge in [0.1, 0.15) is 0 Å². The summed E-state index contributed by atoms with van der Waals surface area (Å²) in [6, 6.07) is 3.70. The summed E-state index contributed by atoms with van der Waals surface area (Å²) in [5.41, 5.74) is 3.04. The molecule has 2 amide bonds. The molecule has 2 rings (SSSR count). The van der Waals surface area contributed by atoms with E-state index in [-0.39, 0.29) is 6.03 Å². The summed E-state index contributed by atoms with van der Waals surface area (Å²) in [5.74, 6) is 0.306. The number of urea groups is 1. The van der Waals surface area contributed by atoms with Crippen LogP contribution < -0.4 is 10.6 Å². The highest BCUT2D eigenvalue weighted by molar-refractivity contribution is 5.73. The molecule has 0 saturated carbocycles. The van der Waals surface area contributed by atoms with Gasteiger partial charge in [-0.15, -0.1) is 0 Å². The summed E-state index contributed by atoms with van der Waals surface area (Å²) >= 11 is 0. The lowest BCUT2D eigenvalue weighted by molar-refractivity contribution is 0.238. The number of aromatic nitrogens is 4. The van der Waals surface area contributed by atoms with Crippen molar-refractivity contribution < 1.29 is 4.79 Å². The van der Waals surface area contributed by atoms with Gasteiger partial charge in [0.15, 0.2) is 0 Å². The molecule has 2 aromatic rings. The van der Waals surface area contributed by atoms with Gasteiger partial charge in [0, 0.05) is 25.0 Å². The van der Waals surface area contributed by atoms with Crippen molar-refractivity contribution in [2.24, 2.45) is 5.92 Å². The Balaban J connectivity index is 1.69. The SMILES string of the molecule is Cc1cc(C)n(C[C@H](C)CNC(=O)NCc2ccn[nH]2)n1. The van der Waals surface area contributed by atoms with Crippen LogP contribution >= 0.6 is 0 Å². The Morgan fingerprint density at radius 3 is 2.86 bits per heavy atom. The molecule has 1 atom stereocenters. The van der Waals surface area contributed by atoms with Gasteiger partial charge in [-0.2, -0.15) is 10.2 Å². The molecule has 0 aromatic carbocycles. The van der Waals surface area contributed by atoms with Crippen LogP contribution in [-0.2, 0) is 13.1 Å². The molecule has 0 aliphatic rings. The molecule has 0 saturated heterocycles. The maximum atomic E-state index is 11.7. The maximum Gasteiger partial charge on any atom is 0.315 e. The maximum absolute atomic E-state index is 11.7. The second-order valence-corrected chi connectivity index (χ2v) is 5.36. The number of nitrogens with zero attached hydrogens (tertiary/aromatic N) is 3. The standard InChI is InChI=1S/C14H22N6O/c1-10(9-20-12(3)6-11(2)19-20)7-15-14(21)16-8-13-4-5-17-18-13/h4-6,10H,7-9H2,1-3H3,(H,17,18)(H2,15,16,21)/t10-/m1/s1. The van der Waals surface area contributed by atoms with E-state index >= 15 is 0 Å². The minimum Gasteiger partial charge on any atom is -0.338 e. The van der Waals surface area contributed by atoms with Gasteiger partial charge >= 0.3 is 6.03 Å². The molecule has 7 nitrogen and oxygen atoms in total. The quantitative estimate of drug-likeness (QED) is 0.750. The van der Waals surface area contributed by atoms with Crippen LogP contribution in [0.4, 0.5) is 4.79 Å². The molecule has 3 N–H and O–H groups in total. The highest BCUT2D eigenvalue weighted by Crippen LogP contribution is 2.05. The first-order valence-electron chi connectivity index (χ1n) is 7.05. The summed E-state index contributed by atoms with van der Waals surface area (Å²) in [4.78, 5) is 11.7. The van der Waals surface area contributed by atoms with Crippen LogP contribution in [-0.4, -0.2) is 32.6 Å². The molecule has 0 unspecified atom stereocenters. The molecule has 7 heteroatoms. The van der Waals surface area contributed by atoms with E-state index in [1.54, 1.807) is 6.20 Å². The van der Waals surface area contributed by atoms with Crippen molar-refractivity contribution in [2.75, 3.05) is 6.54 Å². The van der Waals surface area contributed by atoms with Crippen molar-refractivity contribution in [2.45, 2.75) is 33.9 Å². The van der Waals surface area contributed by atoms with Crippen LogP contribution in [0.3, 0.4) is 0 Å². The zero-order chi connectivity index (χ0) is 15.2. The van der Waals surface area contributed by atoms with Crippen molar-refractivity contribution in [1.82, 2.24) is 30.6 Å². The van der Waals surface area contributed by atoms with E-state index in [0.717, 1.165) is 23.6 Å². The Kier molecular flexibility index (Phi) is 4.97. The van der Waals surface area contributed by atoms with Crippen LogP contribution in [0.25, 0.3) is 0 Å². The van der Waals surface area contributed by atoms with E-state index in [1.807, 2.05) is 24.6 Å². The number of aryl methyl sites for hydroxylation is 2. The van der Waals surface area contributed by atoms with Crippen LogP contribution in [0, 0.1) is 19.8 Å². The number of rotatable bonds is 6. The number of carbonyl (C=O) groups excluding carboxylic acids is 1. The molecule has 21 heavy (non-hydrogen) atoms. The Hall–Kier alpha value is -2.31. The second-order valence-electron chi connectivity index (χ2n) is 5.36. The molecule has 0 aliphatic heterocycles. The second kappa shape index (κ2) is 6.92. The first-order valence-corrected chi connectivity index (χ1v) is 7.05. The average molecular weight is 290 g/mol. The van der Waals surface area contributed by atoms with E-state index < -0.39 is 0 Å². The Bertz CT molecular complexity index is 574. The third-order valence-electron chi connectivity index (χ3n) is 3.20. The van der Waals surface area contributed by atoms with Crippen molar-refractivity contribution in [3.05, 3.63) is 35.4 Å². The highest BCUT2D eigenvalue weighted by atomic mass is 16.2. The van der Waals surface area contributed by atoms with Gasteiger partial charge in [0.2, 0.25) is 0 Å². The Morgan fingerprint density at radius 2 is 2.24 bits per heavy atom. The number of nitrogens with one attached hydrogen (secondary N) is 3. The van der Waals surface area contributed by atoms with Gasteiger partial charge in [-0.05, 0) is 31.9 Å². The predicted octanol–water partition coefficient (Wildman–Crippen LogP) is 1.36. The minimum atomic E-state index is -0.176. The lowest BCUT2D eigenvalue weighted by Crippen LogP contribution is -2.38. The molecule has 2 aromatic heterocycles. The molecule has 0 spiro atoms. The van der Waals surface area contributed by atoms with E-state index in [1.165, 1.54) is 0 Å². The monoisotopic (exact) mass is 290 g/mol. The van der Waals surface area contributed by atoms with Gasteiger partial charge in [0.05, 0.1) is 17.9 Å². The summed E-state index contributed by atoms with van der Waals surface area (Å²) in [6.45, 7) is 7.95. The number of hydrogen-bond donors (Lipinski definition) is 3. The van der Waals surface area contributed by atoms with Gasteiger partial charge in [0.25, 0.3) is 0 Å². The summed E-state index contributed by atoms with van der Waals surface area (Å²) in [5, 5.41) is 16.7. The van der Waals surface area contributed by atoms with Crippen molar-refractivity contribution in [1.29, 1.82) is 0 Å². The number of hydrogen-bond acceptors (Lipinski definition) is 3. The third-order valence-corrected chi connectivity index (χ3v) is 3.20. The fourth-order valence-electron chi connectivity index (χ4n) is 2.11. The minimum absolute atomic E-state index is 0.176. The van der Waals surface area contributed by atoms with Crippen molar-refractivity contribution >= 4 is 6.03 Å². The van der Waals surface area contributed by atoms with Gasteiger partial charge in [-0.3, -0.25) is 9.78 Å². The molecule has 0 bridgehead atoms. The van der Waals surface area contributed by atoms with E-state index in [4.69, 9.17) is 0 Å². The van der Waals surface area contributed by atoms with E-state index in [0.29, 0.717) is 19.0 Å². The molecule has 0 radical (unpaired) electrons. The van der Waals surface area contributed by atoms with Gasteiger partial charge < -0.3 is 10.6 Å². The third kappa shape index (κ3) is 4.62. The zero-order valence-electron chi connectivity index (χ0n) is 12.7. The lowest BCUT2D eigenvalue weighted by Gasteiger charge is -2.14. The molecular formula is C14H22N6O. The lowest BCUT2D eigenvalue weighted by atomic mass is 10.2. The normalized spacial score (nSPS) is 12.1. The largest absolute Gasteiger partial charge is 0.338 e. The smallest absolute Gasteiger partial charge is 0.315 e. The van der Waals surface area contributed by atoms with Gasteiger partial charge in [-0.1, -0.05) is 6.92 Å². The van der Waals surface area contributed by atoms with E-state index in [9.17, 15) is 4.79 Å². The molecule has 2 heterocycles. The van der Waals surface area contributed by atoms with E-state index in [2.05, 4.69) is 38.9 Å². The van der Waals surface area contributed by atoms with Crippen LogP contribution in [0.1, 0.15) is 24.0 Å². The van der Waals surface area contributed by atoms with Gasteiger partial charge in [-0.25, -0.2) is 4.79 Å². The molecule has 0 fully saturated rings. The van der Waals surface area contributed by atoms with Crippen LogP contribution in [0.5, 0.6) is 0 Å². The predicted molar refractivity (Wildman–Crippen MR) is 79.7 cm³/mol. The molecule has 0 aliphatic carbocycles. The average Bonchev–Trinajstić information content (AvgIpc) is 3.04. The van der Waals surface area contributed by atoms with Crippen molar-refractivity contribution in [3.63, 3.8) is 0 Å². The fraction of sp³-hybridized carbons (Fsp3) is 0.500.